The maximum Gasteiger partial charge on any atom is 0.118 e. The molecule has 3 rings (SSSR count). The van der Waals surface area contributed by atoms with Crippen LogP contribution < -0.4 is 4.74 Å². The van der Waals surface area contributed by atoms with Gasteiger partial charge in [0.25, 0.3) is 0 Å². The second-order valence-corrected chi connectivity index (χ2v) is 6.46. The number of methoxy groups -OCH3 is 1. The summed E-state index contributed by atoms with van der Waals surface area (Å²) >= 11 is 2.05. The summed E-state index contributed by atoms with van der Waals surface area (Å²) in [5.41, 5.74) is 2.71. The van der Waals surface area contributed by atoms with Crippen LogP contribution in [0.4, 0.5) is 0 Å². The molecule has 0 amide bonds. The molecule has 2 nitrogen and oxygen atoms in total. The third-order valence-electron chi connectivity index (χ3n) is 3.96. The number of ether oxygens (including phenoxy) is 1. The maximum absolute atomic E-state index is 5.28. The largest absolute Gasteiger partial charge is 0.497 e. The van der Waals surface area contributed by atoms with E-state index in [1.807, 2.05) is 0 Å². The Bertz CT molecular complexity index is 549. The summed E-state index contributed by atoms with van der Waals surface area (Å²) in [6.07, 6.45) is 0. The molecule has 0 bridgehead atoms. The van der Waals surface area contributed by atoms with Crippen molar-refractivity contribution in [1.82, 2.24) is 4.90 Å². The SMILES string of the molecule is COc1ccc(C(c2ccccc2)N2CCSCC2)cc1. The van der Waals surface area contributed by atoms with Crippen molar-refractivity contribution in [3.8, 4) is 5.75 Å². The van der Waals surface area contributed by atoms with E-state index in [1.165, 1.54) is 22.6 Å². The van der Waals surface area contributed by atoms with E-state index < -0.39 is 0 Å². The number of hydrogen-bond donors (Lipinski definition) is 0. The normalized spacial score (nSPS) is 17.4. The van der Waals surface area contributed by atoms with Gasteiger partial charge >= 0.3 is 0 Å². The van der Waals surface area contributed by atoms with Crippen LogP contribution in [0.3, 0.4) is 0 Å². The number of hydrogen-bond acceptors (Lipinski definition) is 3. The fourth-order valence-corrected chi connectivity index (χ4v) is 3.80. The smallest absolute Gasteiger partial charge is 0.118 e. The number of benzene rings is 2. The Morgan fingerprint density at radius 2 is 1.52 bits per heavy atom. The Balaban J connectivity index is 1.94. The summed E-state index contributed by atoms with van der Waals surface area (Å²) in [6.45, 7) is 2.30. The van der Waals surface area contributed by atoms with Gasteiger partial charge in [-0.3, -0.25) is 4.90 Å². The summed E-state index contributed by atoms with van der Waals surface area (Å²) in [4.78, 5) is 2.59. The minimum absolute atomic E-state index is 0.345. The van der Waals surface area contributed by atoms with Crippen molar-refractivity contribution in [1.29, 1.82) is 0 Å². The highest BCUT2D eigenvalue weighted by molar-refractivity contribution is 7.99. The molecule has 1 heterocycles. The molecule has 2 aromatic carbocycles. The second kappa shape index (κ2) is 7.01. The Morgan fingerprint density at radius 3 is 2.14 bits per heavy atom. The average Bonchev–Trinajstić information content (AvgIpc) is 2.58. The van der Waals surface area contributed by atoms with Crippen LogP contribution >= 0.6 is 11.8 Å². The Kier molecular flexibility index (Phi) is 4.84. The highest BCUT2D eigenvalue weighted by Gasteiger charge is 2.23. The molecule has 1 saturated heterocycles. The molecule has 0 aliphatic carbocycles. The molecule has 1 aliphatic rings. The molecule has 0 radical (unpaired) electrons. The van der Waals surface area contributed by atoms with Gasteiger partial charge in [-0.05, 0) is 23.3 Å². The van der Waals surface area contributed by atoms with Gasteiger partial charge in [0.1, 0.15) is 5.75 Å². The first-order valence-corrected chi connectivity index (χ1v) is 8.54. The Labute approximate surface area is 131 Å². The van der Waals surface area contributed by atoms with E-state index in [-0.39, 0.29) is 0 Å². The number of nitrogens with zero attached hydrogens (tertiary/aromatic N) is 1. The van der Waals surface area contributed by atoms with Crippen LogP contribution in [-0.2, 0) is 0 Å². The first-order chi connectivity index (χ1) is 10.4. The van der Waals surface area contributed by atoms with E-state index in [4.69, 9.17) is 4.74 Å². The van der Waals surface area contributed by atoms with E-state index in [9.17, 15) is 0 Å². The molecule has 1 fully saturated rings. The lowest BCUT2D eigenvalue weighted by Crippen LogP contribution is -2.36. The average molecular weight is 299 g/mol. The fourth-order valence-electron chi connectivity index (χ4n) is 2.87. The van der Waals surface area contributed by atoms with Gasteiger partial charge in [0.15, 0.2) is 0 Å². The van der Waals surface area contributed by atoms with Crippen LogP contribution in [0.15, 0.2) is 54.6 Å². The molecule has 0 saturated carbocycles. The summed E-state index contributed by atoms with van der Waals surface area (Å²) in [6, 6.07) is 19.7. The van der Waals surface area contributed by atoms with Gasteiger partial charge in [0.2, 0.25) is 0 Å². The zero-order valence-electron chi connectivity index (χ0n) is 12.4. The molecule has 1 unspecified atom stereocenters. The lowest BCUT2D eigenvalue weighted by molar-refractivity contribution is 0.249. The van der Waals surface area contributed by atoms with Gasteiger partial charge in [-0.25, -0.2) is 0 Å². The molecule has 0 spiro atoms. The van der Waals surface area contributed by atoms with Crippen molar-refractivity contribution in [2.45, 2.75) is 6.04 Å². The molecule has 1 aliphatic heterocycles. The van der Waals surface area contributed by atoms with Gasteiger partial charge in [-0.2, -0.15) is 11.8 Å². The van der Waals surface area contributed by atoms with Crippen LogP contribution in [0.2, 0.25) is 0 Å². The van der Waals surface area contributed by atoms with Gasteiger partial charge in [0, 0.05) is 24.6 Å². The van der Waals surface area contributed by atoms with E-state index in [0.717, 1.165) is 18.8 Å². The molecular weight excluding hydrogens is 278 g/mol. The topological polar surface area (TPSA) is 12.5 Å². The Morgan fingerprint density at radius 1 is 0.905 bits per heavy atom. The predicted molar refractivity (Wildman–Crippen MR) is 90.2 cm³/mol. The van der Waals surface area contributed by atoms with Crippen LogP contribution in [0.5, 0.6) is 5.75 Å². The second-order valence-electron chi connectivity index (χ2n) is 5.23. The summed E-state index contributed by atoms with van der Waals surface area (Å²) in [7, 11) is 1.71. The van der Waals surface area contributed by atoms with Crippen LogP contribution in [0.25, 0.3) is 0 Å². The predicted octanol–water partition coefficient (Wildman–Crippen LogP) is 3.83. The molecule has 3 heteroatoms. The van der Waals surface area contributed by atoms with E-state index in [1.54, 1.807) is 7.11 Å². The van der Waals surface area contributed by atoms with Crippen LogP contribution in [0.1, 0.15) is 17.2 Å². The number of thioether (sulfide) groups is 1. The van der Waals surface area contributed by atoms with Crippen molar-refractivity contribution in [3.05, 3.63) is 65.7 Å². The minimum atomic E-state index is 0.345. The highest BCUT2D eigenvalue weighted by Crippen LogP contribution is 2.31. The highest BCUT2D eigenvalue weighted by atomic mass is 32.2. The van der Waals surface area contributed by atoms with Gasteiger partial charge < -0.3 is 4.74 Å². The maximum atomic E-state index is 5.28. The third kappa shape index (κ3) is 3.42. The van der Waals surface area contributed by atoms with Gasteiger partial charge in [-0.15, -0.1) is 0 Å². The van der Waals surface area contributed by atoms with E-state index in [2.05, 4.69) is 71.3 Å². The summed E-state index contributed by atoms with van der Waals surface area (Å²) in [5, 5.41) is 0. The van der Waals surface area contributed by atoms with E-state index >= 15 is 0 Å². The summed E-state index contributed by atoms with van der Waals surface area (Å²) in [5.74, 6) is 3.36. The van der Waals surface area contributed by atoms with Crippen molar-refractivity contribution in [2.24, 2.45) is 0 Å². The quantitative estimate of drug-likeness (QED) is 0.851. The van der Waals surface area contributed by atoms with E-state index in [0.29, 0.717) is 6.04 Å². The minimum Gasteiger partial charge on any atom is -0.497 e. The molecular formula is C18H21NOS. The zero-order chi connectivity index (χ0) is 14.5. The third-order valence-corrected chi connectivity index (χ3v) is 4.90. The van der Waals surface area contributed by atoms with Crippen molar-refractivity contribution in [3.63, 3.8) is 0 Å². The summed E-state index contributed by atoms with van der Waals surface area (Å²) < 4.78 is 5.28. The van der Waals surface area contributed by atoms with Crippen molar-refractivity contribution < 1.29 is 4.74 Å². The lowest BCUT2D eigenvalue weighted by atomic mass is 9.97. The van der Waals surface area contributed by atoms with Crippen molar-refractivity contribution >= 4 is 11.8 Å². The van der Waals surface area contributed by atoms with Gasteiger partial charge in [0.05, 0.1) is 13.2 Å². The van der Waals surface area contributed by atoms with Crippen LogP contribution in [0, 0.1) is 0 Å². The molecule has 1 atom stereocenters. The molecule has 21 heavy (non-hydrogen) atoms. The molecule has 2 aromatic rings. The number of rotatable bonds is 4. The first kappa shape index (κ1) is 14.5. The zero-order valence-corrected chi connectivity index (χ0v) is 13.2. The standard InChI is InChI=1S/C18H21NOS/c1-20-17-9-7-16(8-10-17)18(15-5-3-2-4-6-15)19-11-13-21-14-12-19/h2-10,18H,11-14H2,1H3. The van der Waals surface area contributed by atoms with Gasteiger partial charge in [-0.1, -0.05) is 42.5 Å². The molecule has 0 N–H and O–H groups in total. The molecule has 110 valence electrons. The fraction of sp³-hybridized carbons (Fsp3) is 0.333. The monoisotopic (exact) mass is 299 g/mol. The van der Waals surface area contributed by atoms with Crippen LogP contribution in [-0.4, -0.2) is 36.6 Å². The first-order valence-electron chi connectivity index (χ1n) is 7.39. The van der Waals surface area contributed by atoms with Crippen molar-refractivity contribution in [2.75, 3.05) is 31.7 Å². The molecule has 0 aromatic heterocycles. The Hall–Kier alpha value is -1.45. The lowest BCUT2D eigenvalue weighted by Gasteiger charge is -2.35.